The van der Waals surface area contributed by atoms with E-state index in [1.165, 1.54) is 0 Å². The summed E-state index contributed by atoms with van der Waals surface area (Å²) in [6.07, 6.45) is 3.26. The van der Waals surface area contributed by atoms with Gasteiger partial charge in [-0.3, -0.25) is 0 Å². The number of hydrogen-bond donors (Lipinski definition) is 1. The van der Waals surface area contributed by atoms with E-state index in [9.17, 15) is 4.79 Å². The second-order valence-corrected chi connectivity index (χ2v) is 3.53. The van der Waals surface area contributed by atoms with Gasteiger partial charge in [-0.25, -0.2) is 4.79 Å². The van der Waals surface area contributed by atoms with E-state index < -0.39 is 5.97 Å². The van der Waals surface area contributed by atoms with Crippen LogP contribution in [0, 0.1) is 0 Å². The van der Waals surface area contributed by atoms with Gasteiger partial charge in [0.1, 0.15) is 0 Å². The lowest BCUT2D eigenvalue weighted by Crippen LogP contribution is -1.94. The highest BCUT2D eigenvalue weighted by Crippen LogP contribution is 2.14. The summed E-state index contributed by atoms with van der Waals surface area (Å²) in [6.45, 7) is 0. The number of benzene rings is 1. The molecule has 0 aliphatic heterocycles. The maximum absolute atomic E-state index is 10.7. The van der Waals surface area contributed by atoms with Gasteiger partial charge in [-0.1, -0.05) is 11.6 Å². The molecule has 0 atom stereocenters. The third-order valence-corrected chi connectivity index (χ3v) is 2.32. The van der Waals surface area contributed by atoms with Crippen molar-refractivity contribution in [1.82, 2.24) is 4.57 Å². The maximum Gasteiger partial charge on any atom is 0.337 e. The molecule has 3 nitrogen and oxygen atoms in total. The Hall–Kier alpha value is -1.74. The van der Waals surface area contributed by atoms with Crippen molar-refractivity contribution in [1.29, 1.82) is 0 Å². The van der Waals surface area contributed by atoms with Crippen LogP contribution in [0.25, 0.3) is 5.69 Å². The van der Waals surface area contributed by atoms with E-state index in [4.69, 9.17) is 16.7 Å². The third-order valence-electron chi connectivity index (χ3n) is 2.06. The molecule has 15 heavy (non-hydrogen) atoms. The molecule has 0 spiro atoms. The first-order chi connectivity index (χ1) is 7.16. The van der Waals surface area contributed by atoms with Gasteiger partial charge in [0.25, 0.3) is 0 Å². The number of nitrogens with zero attached hydrogens (tertiary/aromatic N) is 1. The lowest BCUT2D eigenvalue weighted by Gasteiger charge is -2.01. The predicted molar refractivity (Wildman–Crippen MR) is 57.7 cm³/mol. The molecule has 76 valence electrons. The Morgan fingerprint density at radius 1 is 1.20 bits per heavy atom. The highest BCUT2D eigenvalue weighted by Gasteiger charge is 2.04. The molecule has 1 N–H and O–H groups in total. The second-order valence-electron chi connectivity index (χ2n) is 3.09. The average Bonchev–Trinajstić information content (AvgIpc) is 2.68. The summed E-state index contributed by atoms with van der Waals surface area (Å²) in [6, 6.07) is 8.73. The molecule has 0 saturated carbocycles. The van der Waals surface area contributed by atoms with Gasteiger partial charge in [0.05, 0.1) is 5.56 Å². The normalized spacial score (nSPS) is 10.2. The minimum atomic E-state index is -0.928. The predicted octanol–water partition coefficient (Wildman–Crippen LogP) is 2.83. The van der Waals surface area contributed by atoms with E-state index >= 15 is 0 Å². The average molecular weight is 222 g/mol. The number of halogens is 1. The van der Waals surface area contributed by atoms with Crippen molar-refractivity contribution < 1.29 is 9.90 Å². The van der Waals surface area contributed by atoms with Crippen LogP contribution in [-0.4, -0.2) is 15.6 Å². The fraction of sp³-hybridized carbons (Fsp3) is 0. The van der Waals surface area contributed by atoms with Crippen molar-refractivity contribution in [2.75, 3.05) is 0 Å². The third kappa shape index (κ3) is 2.02. The van der Waals surface area contributed by atoms with Gasteiger partial charge in [-0.05, 0) is 30.3 Å². The van der Waals surface area contributed by atoms with Gasteiger partial charge >= 0.3 is 5.97 Å². The van der Waals surface area contributed by atoms with Crippen LogP contribution < -0.4 is 0 Å². The lowest BCUT2D eigenvalue weighted by molar-refractivity contribution is 0.0697. The van der Waals surface area contributed by atoms with Crippen LogP contribution in [0.1, 0.15) is 10.4 Å². The Balaban J connectivity index is 2.37. The molecule has 2 rings (SSSR count). The molecule has 0 unspecified atom stereocenters. The molecule has 1 heterocycles. The molecule has 2 aromatic rings. The Morgan fingerprint density at radius 2 is 1.87 bits per heavy atom. The number of hydrogen-bond acceptors (Lipinski definition) is 1. The zero-order valence-electron chi connectivity index (χ0n) is 7.72. The molecular weight excluding hydrogens is 214 g/mol. The first kappa shape index (κ1) is 9.80. The van der Waals surface area contributed by atoms with Gasteiger partial charge in [-0.2, -0.15) is 0 Å². The Morgan fingerprint density at radius 3 is 2.40 bits per heavy atom. The van der Waals surface area contributed by atoms with E-state index in [0.29, 0.717) is 5.02 Å². The van der Waals surface area contributed by atoms with Crippen molar-refractivity contribution in [2.24, 2.45) is 0 Å². The number of aromatic carboxylic acids is 1. The molecule has 0 fully saturated rings. The van der Waals surface area contributed by atoms with E-state index in [-0.39, 0.29) is 5.56 Å². The van der Waals surface area contributed by atoms with Gasteiger partial charge in [0.15, 0.2) is 0 Å². The summed E-state index contributed by atoms with van der Waals surface area (Å²) in [5.74, 6) is -0.928. The van der Waals surface area contributed by atoms with Crippen molar-refractivity contribution >= 4 is 17.6 Å². The topological polar surface area (TPSA) is 42.2 Å². The minimum absolute atomic E-state index is 0.268. The Bertz CT molecular complexity index is 488. The van der Waals surface area contributed by atoms with Crippen molar-refractivity contribution in [3.63, 3.8) is 0 Å². The van der Waals surface area contributed by atoms with Gasteiger partial charge < -0.3 is 9.67 Å². The van der Waals surface area contributed by atoms with Crippen LogP contribution in [0.2, 0.25) is 5.02 Å². The van der Waals surface area contributed by atoms with Crippen LogP contribution in [0.15, 0.2) is 42.7 Å². The Kier molecular flexibility index (Phi) is 2.47. The minimum Gasteiger partial charge on any atom is -0.478 e. The molecule has 0 radical (unpaired) electrons. The molecule has 0 saturated heterocycles. The number of rotatable bonds is 2. The molecule has 0 bridgehead atoms. The van der Waals surface area contributed by atoms with E-state index in [2.05, 4.69) is 0 Å². The molecule has 0 aliphatic carbocycles. The number of aromatic nitrogens is 1. The summed E-state index contributed by atoms with van der Waals surface area (Å²) in [7, 11) is 0. The molecule has 0 amide bonds. The monoisotopic (exact) mass is 221 g/mol. The summed E-state index contributed by atoms with van der Waals surface area (Å²) < 4.78 is 1.74. The lowest BCUT2D eigenvalue weighted by atomic mass is 10.3. The summed E-state index contributed by atoms with van der Waals surface area (Å²) in [5.41, 5.74) is 1.15. The number of carbonyl (C=O) groups is 1. The van der Waals surface area contributed by atoms with E-state index in [0.717, 1.165) is 5.69 Å². The zero-order valence-corrected chi connectivity index (χ0v) is 8.48. The van der Waals surface area contributed by atoms with Crippen LogP contribution in [0.4, 0.5) is 0 Å². The van der Waals surface area contributed by atoms with Gasteiger partial charge in [0.2, 0.25) is 0 Å². The first-order valence-corrected chi connectivity index (χ1v) is 4.72. The second kappa shape index (κ2) is 3.79. The largest absolute Gasteiger partial charge is 0.478 e. The maximum atomic E-state index is 10.7. The molecule has 4 heteroatoms. The molecular formula is C11H8ClNO2. The zero-order chi connectivity index (χ0) is 10.8. The van der Waals surface area contributed by atoms with E-state index in [1.807, 2.05) is 12.1 Å². The Labute approximate surface area is 91.5 Å². The van der Waals surface area contributed by atoms with Crippen LogP contribution in [-0.2, 0) is 0 Å². The summed E-state index contributed by atoms with van der Waals surface area (Å²) >= 11 is 5.75. The van der Waals surface area contributed by atoms with Crippen molar-refractivity contribution in [3.05, 3.63) is 53.3 Å². The number of carboxylic acids is 1. The highest BCUT2D eigenvalue weighted by atomic mass is 35.5. The fourth-order valence-corrected chi connectivity index (χ4v) is 1.42. The van der Waals surface area contributed by atoms with Crippen molar-refractivity contribution in [2.45, 2.75) is 0 Å². The van der Waals surface area contributed by atoms with Gasteiger partial charge in [0, 0.05) is 23.1 Å². The van der Waals surface area contributed by atoms with Crippen LogP contribution >= 0.6 is 11.6 Å². The SMILES string of the molecule is O=C(O)c1ccn(-c2ccc(Cl)cc2)c1. The quantitative estimate of drug-likeness (QED) is 0.847. The summed E-state index contributed by atoms with van der Waals surface area (Å²) in [5, 5.41) is 9.41. The first-order valence-electron chi connectivity index (χ1n) is 4.34. The fourth-order valence-electron chi connectivity index (χ4n) is 1.30. The van der Waals surface area contributed by atoms with E-state index in [1.54, 1.807) is 35.2 Å². The smallest absolute Gasteiger partial charge is 0.337 e. The van der Waals surface area contributed by atoms with Crippen LogP contribution in [0.5, 0.6) is 0 Å². The molecule has 1 aromatic heterocycles. The van der Waals surface area contributed by atoms with Crippen LogP contribution in [0.3, 0.4) is 0 Å². The van der Waals surface area contributed by atoms with Crippen molar-refractivity contribution in [3.8, 4) is 5.69 Å². The highest BCUT2D eigenvalue weighted by molar-refractivity contribution is 6.30. The summed E-state index contributed by atoms with van der Waals surface area (Å²) in [4.78, 5) is 10.7. The molecule has 1 aromatic carbocycles. The number of carboxylic acid groups (broad SMARTS) is 1. The van der Waals surface area contributed by atoms with Gasteiger partial charge in [-0.15, -0.1) is 0 Å². The standard InChI is InChI=1S/C11H8ClNO2/c12-9-1-3-10(4-2-9)13-6-5-8(7-13)11(14)15/h1-7H,(H,14,15). The molecule has 0 aliphatic rings.